The molecule has 1 aliphatic heterocycles. The van der Waals surface area contributed by atoms with E-state index in [0.717, 1.165) is 45.0 Å². The van der Waals surface area contributed by atoms with Gasteiger partial charge in [0.15, 0.2) is 0 Å². The normalized spacial score (nSPS) is 18.7. The highest BCUT2D eigenvalue weighted by Crippen LogP contribution is 2.14. The minimum Gasteiger partial charge on any atom is -0.468 e. The Balaban J connectivity index is 1.87. The van der Waals surface area contributed by atoms with Crippen LogP contribution in [0.25, 0.3) is 0 Å². The van der Waals surface area contributed by atoms with Crippen LogP contribution in [0.2, 0.25) is 0 Å². The molecule has 2 heterocycles. The molecule has 4 nitrogen and oxygen atoms in total. The molecule has 1 aliphatic rings. The Morgan fingerprint density at radius 2 is 2.00 bits per heavy atom. The predicted molar refractivity (Wildman–Crippen MR) is 73.5 cm³/mol. The third kappa shape index (κ3) is 3.83. The molecule has 0 aliphatic carbocycles. The van der Waals surface area contributed by atoms with E-state index in [1.54, 1.807) is 0 Å². The molecule has 18 heavy (non-hydrogen) atoms. The van der Waals surface area contributed by atoms with Gasteiger partial charge in [0.05, 0.1) is 12.8 Å². The second kappa shape index (κ2) is 6.36. The fraction of sp³-hybridized carbons (Fsp3) is 0.714. The van der Waals surface area contributed by atoms with E-state index in [-0.39, 0.29) is 0 Å². The van der Waals surface area contributed by atoms with Gasteiger partial charge in [-0.3, -0.25) is 4.90 Å². The van der Waals surface area contributed by atoms with Crippen LogP contribution < -0.4 is 5.32 Å². The van der Waals surface area contributed by atoms with Gasteiger partial charge in [0.1, 0.15) is 5.76 Å². The minimum atomic E-state index is 0.511. The molecule has 0 atom stereocenters. The van der Waals surface area contributed by atoms with Crippen molar-refractivity contribution in [3.05, 3.63) is 23.7 Å². The van der Waals surface area contributed by atoms with Crippen molar-refractivity contribution in [3.63, 3.8) is 0 Å². The average Bonchev–Trinajstić information content (AvgIpc) is 2.77. The summed E-state index contributed by atoms with van der Waals surface area (Å²) in [5, 5.41) is 3.45. The maximum atomic E-state index is 5.63. The molecule has 2 rings (SSSR count). The molecular formula is C14H25N3O. The molecule has 1 saturated heterocycles. The summed E-state index contributed by atoms with van der Waals surface area (Å²) in [6.45, 7) is 10.7. The van der Waals surface area contributed by atoms with E-state index < -0.39 is 0 Å². The zero-order chi connectivity index (χ0) is 13.0. The van der Waals surface area contributed by atoms with Crippen LogP contribution in [-0.2, 0) is 13.1 Å². The van der Waals surface area contributed by atoms with E-state index in [4.69, 9.17) is 4.42 Å². The van der Waals surface area contributed by atoms with Gasteiger partial charge >= 0.3 is 0 Å². The number of hydrogen-bond donors (Lipinski definition) is 1. The minimum absolute atomic E-state index is 0.511. The Bertz CT molecular complexity index is 354. The first-order valence-corrected chi connectivity index (χ1v) is 6.84. The Labute approximate surface area is 110 Å². The van der Waals surface area contributed by atoms with Crippen molar-refractivity contribution in [2.75, 3.05) is 33.2 Å². The maximum absolute atomic E-state index is 5.63. The molecule has 4 heteroatoms. The van der Waals surface area contributed by atoms with Crippen LogP contribution in [0.3, 0.4) is 0 Å². The number of rotatable bonds is 5. The molecule has 1 aromatic rings. The second-order valence-corrected chi connectivity index (χ2v) is 5.48. The summed E-state index contributed by atoms with van der Waals surface area (Å²) < 4.78 is 5.63. The zero-order valence-electron chi connectivity index (χ0n) is 11.8. The molecular weight excluding hydrogens is 226 g/mol. The Kier molecular flexibility index (Phi) is 4.80. The molecule has 102 valence electrons. The van der Waals surface area contributed by atoms with Gasteiger partial charge in [0.25, 0.3) is 0 Å². The summed E-state index contributed by atoms with van der Waals surface area (Å²) in [5.74, 6) is 1.12. The first-order chi connectivity index (χ1) is 8.65. The summed E-state index contributed by atoms with van der Waals surface area (Å²) in [7, 11) is 2.18. The molecule has 0 saturated carbocycles. The first kappa shape index (κ1) is 13.6. The highest BCUT2D eigenvalue weighted by molar-refractivity contribution is 5.17. The van der Waals surface area contributed by atoms with Crippen molar-refractivity contribution < 1.29 is 4.42 Å². The smallest absolute Gasteiger partial charge is 0.122 e. The van der Waals surface area contributed by atoms with E-state index >= 15 is 0 Å². The molecule has 1 N–H and O–H groups in total. The second-order valence-electron chi connectivity index (χ2n) is 5.48. The van der Waals surface area contributed by atoms with Crippen molar-refractivity contribution in [3.8, 4) is 0 Å². The Hall–Kier alpha value is -0.840. The van der Waals surface area contributed by atoms with Crippen LogP contribution in [0.1, 0.15) is 25.2 Å². The van der Waals surface area contributed by atoms with E-state index in [9.17, 15) is 0 Å². The van der Waals surface area contributed by atoms with Crippen molar-refractivity contribution in [1.29, 1.82) is 0 Å². The third-order valence-corrected chi connectivity index (χ3v) is 3.50. The monoisotopic (exact) mass is 251 g/mol. The Morgan fingerprint density at radius 3 is 2.67 bits per heavy atom. The van der Waals surface area contributed by atoms with Gasteiger partial charge < -0.3 is 14.6 Å². The van der Waals surface area contributed by atoms with Crippen LogP contribution >= 0.6 is 0 Å². The molecule has 0 radical (unpaired) electrons. The quantitative estimate of drug-likeness (QED) is 0.860. The number of nitrogens with zero attached hydrogens (tertiary/aromatic N) is 2. The number of likely N-dealkylation sites (N-methyl/N-ethyl adjacent to an activating group) is 1. The number of hydrogen-bond acceptors (Lipinski definition) is 4. The molecule has 1 aromatic heterocycles. The maximum Gasteiger partial charge on any atom is 0.122 e. The molecule has 0 bridgehead atoms. The molecule has 0 amide bonds. The number of nitrogens with one attached hydrogen (secondary N) is 1. The van der Waals surface area contributed by atoms with Gasteiger partial charge in [-0.05, 0) is 13.1 Å². The highest BCUT2D eigenvalue weighted by Gasteiger charge is 2.16. The van der Waals surface area contributed by atoms with Crippen molar-refractivity contribution in [1.82, 2.24) is 15.1 Å². The van der Waals surface area contributed by atoms with Crippen LogP contribution in [0.5, 0.6) is 0 Å². The summed E-state index contributed by atoms with van der Waals surface area (Å²) in [5.41, 5.74) is 1.29. The highest BCUT2D eigenvalue weighted by atomic mass is 16.3. The van der Waals surface area contributed by atoms with E-state index in [0.29, 0.717) is 6.04 Å². The summed E-state index contributed by atoms with van der Waals surface area (Å²) in [6, 6.07) is 2.59. The largest absolute Gasteiger partial charge is 0.468 e. The van der Waals surface area contributed by atoms with Gasteiger partial charge in [-0.2, -0.15) is 0 Å². The molecule has 0 aromatic carbocycles. The van der Waals surface area contributed by atoms with Gasteiger partial charge in [-0.25, -0.2) is 0 Å². The summed E-state index contributed by atoms with van der Waals surface area (Å²) >= 11 is 0. The van der Waals surface area contributed by atoms with Crippen LogP contribution in [-0.4, -0.2) is 49.1 Å². The fourth-order valence-electron chi connectivity index (χ4n) is 2.19. The third-order valence-electron chi connectivity index (χ3n) is 3.50. The molecule has 0 spiro atoms. The van der Waals surface area contributed by atoms with Gasteiger partial charge in [-0.1, -0.05) is 13.8 Å². The van der Waals surface area contributed by atoms with Gasteiger partial charge in [0.2, 0.25) is 0 Å². The van der Waals surface area contributed by atoms with E-state index in [2.05, 4.69) is 42.1 Å². The SMILES string of the molecule is CC(C)NCc1ccoc1CN1CCN(C)CC1. The lowest BCUT2D eigenvalue weighted by Gasteiger charge is -2.31. The van der Waals surface area contributed by atoms with Crippen molar-refractivity contribution in [2.45, 2.75) is 33.0 Å². The number of piperazine rings is 1. The standard InChI is InChI=1S/C14H25N3O/c1-12(2)15-10-13-4-9-18-14(13)11-17-7-5-16(3)6-8-17/h4,9,12,15H,5-8,10-11H2,1-3H3. The zero-order valence-corrected chi connectivity index (χ0v) is 11.8. The predicted octanol–water partition coefficient (Wildman–Crippen LogP) is 1.52. The van der Waals surface area contributed by atoms with E-state index in [1.165, 1.54) is 5.56 Å². The van der Waals surface area contributed by atoms with Crippen molar-refractivity contribution in [2.24, 2.45) is 0 Å². The van der Waals surface area contributed by atoms with Crippen molar-refractivity contribution >= 4 is 0 Å². The lowest BCUT2D eigenvalue weighted by atomic mass is 10.2. The first-order valence-electron chi connectivity index (χ1n) is 6.84. The summed E-state index contributed by atoms with van der Waals surface area (Å²) in [6.07, 6.45) is 1.81. The van der Waals surface area contributed by atoms with Gasteiger partial charge in [0, 0.05) is 44.3 Å². The Morgan fingerprint density at radius 1 is 1.28 bits per heavy atom. The van der Waals surface area contributed by atoms with Crippen LogP contribution in [0.15, 0.2) is 16.7 Å². The molecule has 0 unspecified atom stereocenters. The van der Waals surface area contributed by atoms with Gasteiger partial charge in [-0.15, -0.1) is 0 Å². The lowest BCUT2D eigenvalue weighted by Crippen LogP contribution is -2.44. The number of furan rings is 1. The fourth-order valence-corrected chi connectivity index (χ4v) is 2.19. The van der Waals surface area contributed by atoms with Crippen LogP contribution in [0.4, 0.5) is 0 Å². The van der Waals surface area contributed by atoms with E-state index in [1.807, 2.05) is 6.26 Å². The summed E-state index contributed by atoms with van der Waals surface area (Å²) in [4.78, 5) is 4.84. The van der Waals surface area contributed by atoms with Crippen LogP contribution in [0, 0.1) is 0 Å². The average molecular weight is 251 g/mol. The molecule has 1 fully saturated rings. The lowest BCUT2D eigenvalue weighted by molar-refractivity contribution is 0.140. The topological polar surface area (TPSA) is 31.7 Å².